The van der Waals surface area contributed by atoms with E-state index in [1.165, 1.54) is 6.26 Å². The highest BCUT2D eigenvalue weighted by atomic mass is 16.3. The lowest BCUT2D eigenvalue weighted by Gasteiger charge is -2.02. The van der Waals surface area contributed by atoms with E-state index in [4.69, 9.17) is 4.42 Å². The summed E-state index contributed by atoms with van der Waals surface area (Å²) in [7, 11) is 0. The third kappa shape index (κ3) is 3.28. The second kappa shape index (κ2) is 6.59. The summed E-state index contributed by atoms with van der Waals surface area (Å²) in [6, 6.07) is 22.8. The Hall–Kier alpha value is -3.38. The van der Waals surface area contributed by atoms with E-state index in [2.05, 4.69) is 0 Å². The van der Waals surface area contributed by atoms with Crippen molar-refractivity contribution in [3.05, 3.63) is 89.9 Å². The molecule has 110 valence electrons. The van der Waals surface area contributed by atoms with Crippen molar-refractivity contribution in [3.8, 4) is 17.2 Å². The Morgan fingerprint density at radius 2 is 1.61 bits per heavy atom. The van der Waals surface area contributed by atoms with E-state index in [1.54, 1.807) is 18.2 Å². The lowest BCUT2D eigenvalue weighted by molar-refractivity contribution is 0.101. The van der Waals surface area contributed by atoms with Gasteiger partial charge >= 0.3 is 0 Å². The first kappa shape index (κ1) is 14.6. The van der Waals surface area contributed by atoms with Crippen molar-refractivity contribution in [2.45, 2.75) is 0 Å². The number of furan rings is 1. The molecule has 2 aromatic carbocycles. The molecule has 0 atom stereocenters. The van der Waals surface area contributed by atoms with Gasteiger partial charge in [0.15, 0.2) is 5.76 Å². The van der Waals surface area contributed by atoms with E-state index in [1.807, 2.05) is 60.7 Å². The molecular formula is C20H13NO2. The van der Waals surface area contributed by atoms with Crippen LogP contribution in [0.15, 0.2) is 83.0 Å². The van der Waals surface area contributed by atoms with Crippen molar-refractivity contribution in [3.63, 3.8) is 0 Å². The van der Waals surface area contributed by atoms with E-state index in [9.17, 15) is 10.1 Å². The predicted molar refractivity (Wildman–Crippen MR) is 88.5 cm³/mol. The number of hydrogen-bond donors (Lipinski definition) is 0. The molecule has 3 heteroatoms. The van der Waals surface area contributed by atoms with E-state index >= 15 is 0 Å². The number of carbonyl (C=O) groups excluding carboxylic acids is 1. The van der Waals surface area contributed by atoms with Gasteiger partial charge in [-0.3, -0.25) is 4.79 Å². The second-order valence-electron chi connectivity index (χ2n) is 4.96. The maximum Gasteiger partial charge on any atom is 0.238 e. The summed E-state index contributed by atoms with van der Waals surface area (Å²) < 4.78 is 5.05. The van der Waals surface area contributed by atoms with Crippen LogP contribution in [0.1, 0.15) is 16.1 Å². The largest absolute Gasteiger partial charge is 0.461 e. The molecule has 0 radical (unpaired) electrons. The van der Waals surface area contributed by atoms with Crippen molar-refractivity contribution in [2.24, 2.45) is 0 Å². The molecule has 0 aliphatic rings. The van der Waals surface area contributed by atoms with Gasteiger partial charge in [-0.25, -0.2) is 0 Å². The lowest BCUT2D eigenvalue weighted by Crippen LogP contribution is -1.99. The molecule has 0 aliphatic heterocycles. The number of hydrogen-bond acceptors (Lipinski definition) is 3. The molecule has 0 N–H and O–H groups in total. The highest BCUT2D eigenvalue weighted by Gasteiger charge is 2.14. The van der Waals surface area contributed by atoms with Gasteiger partial charge in [-0.2, -0.15) is 5.26 Å². The molecule has 1 aromatic heterocycles. The zero-order valence-electron chi connectivity index (χ0n) is 12.3. The van der Waals surface area contributed by atoms with Crippen LogP contribution < -0.4 is 0 Å². The minimum Gasteiger partial charge on any atom is -0.461 e. The maximum atomic E-state index is 12.1. The minimum absolute atomic E-state index is 0.0485. The van der Waals surface area contributed by atoms with Crippen molar-refractivity contribution in [1.29, 1.82) is 5.26 Å². The summed E-state index contributed by atoms with van der Waals surface area (Å²) in [5.41, 5.74) is 3.04. The van der Waals surface area contributed by atoms with Gasteiger partial charge in [0.05, 0.1) is 6.26 Å². The third-order valence-electron chi connectivity index (χ3n) is 3.44. The molecule has 3 nitrogen and oxygen atoms in total. The Balaban J connectivity index is 1.87. The van der Waals surface area contributed by atoms with Gasteiger partial charge in [-0.05, 0) is 34.9 Å². The predicted octanol–water partition coefficient (Wildman–Crippen LogP) is 4.74. The van der Waals surface area contributed by atoms with Gasteiger partial charge in [0.2, 0.25) is 5.78 Å². The van der Waals surface area contributed by atoms with Crippen LogP contribution in [-0.4, -0.2) is 5.78 Å². The van der Waals surface area contributed by atoms with Crippen LogP contribution in [0.4, 0.5) is 0 Å². The number of allylic oxidation sites excluding steroid dienone is 1. The van der Waals surface area contributed by atoms with Crippen LogP contribution in [0.3, 0.4) is 0 Å². The molecule has 0 fully saturated rings. The molecule has 23 heavy (non-hydrogen) atoms. The summed E-state index contributed by atoms with van der Waals surface area (Å²) in [5, 5.41) is 9.21. The fraction of sp³-hybridized carbons (Fsp3) is 0. The average molecular weight is 299 g/mol. The molecule has 1 heterocycles. The Labute approximate surface area is 134 Å². The molecule has 0 amide bonds. The zero-order valence-corrected chi connectivity index (χ0v) is 12.3. The molecule has 0 aliphatic carbocycles. The van der Waals surface area contributed by atoms with Gasteiger partial charge in [-0.1, -0.05) is 54.6 Å². The molecule has 3 aromatic rings. The first-order chi connectivity index (χ1) is 11.3. The first-order valence-corrected chi connectivity index (χ1v) is 7.13. The molecular weight excluding hydrogens is 286 g/mol. The van der Waals surface area contributed by atoms with Crippen molar-refractivity contribution >= 4 is 11.9 Å². The number of nitrogens with zero attached hydrogens (tertiary/aromatic N) is 1. The van der Waals surface area contributed by atoms with Crippen molar-refractivity contribution in [2.75, 3.05) is 0 Å². The van der Waals surface area contributed by atoms with E-state index in [0.717, 1.165) is 16.7 Å². The normalized spacial score (nSPS) is 11.0. The van der Waals surface area contributed by atoms with Crippen LogP contribution in [-0.2, 0) is 0 Å². The van der Waals surface area contributed by atoms with E-state index < -0.39 is 5.78 Å². The van der Waals surface area contributed by atoms with Crippen molar-refractivity contribution < 1.29 is 9.21 Å². The lowest BCUT2D eigenvalue weighted by atomic mass is 10.0. The molecule has 3 rings (SSSR count). The van der Waals surface area contributed by atoms with Crippen LogP contribution in [0, 0.1) is 11.3 Å². The Morgan fingerprint density at radius 3 is 2.22 bits per heavy atom. The minimum atomic E-state index is -0.412. The Morgan fingerprint density at radius 1 is 0.913 bits per heavy atom. The standard InChI is InChI=1S/C20H13NO2/c21-14-18(20(22)19-7-4-12-23-19)13-15-8-10-17(11-9-15)16-5-2-1-3-6-16/h1-13H/b18-13+. The van der Waals surface area contributed by atoms with E-state index in [-0.39, 0.29) is 11.3 Å². The number of nitriles is 1. The summed E-state index contributed by atoms with van der Waals surface area (Å²) in [6.45, 7) is 0. The zero-order chi connectivity index (χ0) is 16.1. The second-order valence-corrected chi connectivity index (χ2v) is 4.96. The quantitative estimate of drug-likeness (QED) is 0.397. The average Bonchev–Trinajstić information content (AvgIpc) is 3.15. The van der Waals surface area contributed by atoms with Crippen LogP contribution >= 0.6 is 0 Å². The molecule has 0 spiro atoms. The third-order valence-corrected chi connectivity index (χ3v) is 3.44. The van der Waals surface area contributed by atoms with E-state index in [0.29, 0.717) is 0 Å². The number of ketones is 1. The number of carbonyl (C=O) groups is 1. The summed E-state index contributed by atoms with van der Waals surface area (Å²) >= 11 is 0. The summed E-state index contributed by atoms with van der Waals surface area (Å²) in [6.07, 6.45) is 2.98. The molecule has 0 saturated carbocycles. The molecule has 0 bridgehead atoms. The maximum absolute atomic E-state index is 12.1. The number of Topliss-reactive ketones (excluding diaryl/α,β-unsaturated/α-hetero) is 1. The Bertz CT molecular complexity index is 868. The van der Waals surface area contributed by atoms with Gasteiger partial charge in [0.25, 0.3) is 0 Å². The first-order valence-electron chi connectivity index (χ1n) is 7.13. The van der Waals surface area contributed by atoms with Gasteiger partial charge in [0, 0.05) is 0 Å². The summed E-state index contributed by atoms with van der Waals surface area (Å²) in [4.78, 5) is 12.1. The van der Waals surface area contributed by atoms with Gasteiger partial charge in [-0.15, -0.1) is 0 Å². The molecule has 0 saturated heterocycles. The van der Waals surface area contributed by atoms with Crippen molar-refractivity contribution in [1.82, 2.24) is 0 Å². The highest BCUT2D eigenvalue weighted by Crippen LogP contribution is 2.20. The monoisotopic (exact) mass is 299 g/mol. The van der Waals surface area contributed by atoms with Gasteiger partial charge in [0.1, 0.15) is 11.6 Å². The van der Waals surface area contributed by atoms with Crippen LogP contribution in [0.5, 0.6) is 0 Å². The number of benzene rings is 2. The highest BCUT2D eigenvalue weighted by molar-refractivity contribution is 6.12. The number of rotatable bonds is 4. The Kier molecular flexibility index (Phi) is 4.17. The van der Waals surface area contributed by atoms with Gasteiger partial charge < -0.3 is 4.42 Å². The van der Waals surface area contributed by atoms with Crippen LogP contribution in [0.25, 0.3) is 17.2 Å². The topological polar surface area (TPSA) is 54.0 Å². The summed E-state index contributed by atoms with van der Waals surface area (Å²) in [5.74, 6) is -0.247. The molecule has 0 unspecified atom stereocenters. The smallest absolute Gasteiger partial charge is 0.238 e. The SMILES string of the molecule is N#C/C(=C\c1ccc(-c2ccccc2)cc1)C(=O)c1ccco1. The van der Waals surface area contributed by atoms with Crippen LogP contribution in [0.2, 0.25) is 0 Å². The fourth-order valence-corrected chi connectivity index (χ4v) is 2.26. The fourth-order valence-electron chi connectivity index (χ4n) is 2.26.